The van der Waals surface area contributed by atoms with Crippen LogP contribution in [0.1, 0.15) is 6.92 Å². The number of hydrogen-bond donors (Lipinski definition) is 0. The van der Waals surface area contributed by atoms with Crippen LogP contribution in [0.3, 0.4) is 0 Å². The van der Waals surface area contributed by atoms with Gasteiger partial charge >= 0.3 is 0 Å². The van der Waals surface area contributed by atoms with Gasteiger partial charge in [-0.1, -0.05) is 35.8 Å². The first-order chi connectivity index (χ1) is 4.62. The third kappa shape index (κ3) is 5.72. The molecule has 0 bridgehead atoms. The van der Waals surface area contributed by atoms with Gasteiger partial charge in [-0.15, -0.1) is 6.58 Å². The van der Waals surface area contributed by atoms with Crippen LogP contribution in [0.15, 0.2) is 12.7 Å². The Bertz CT molecular complexity index is 151. The van der Waals surface area contributed by atoms with Crippen molar-refractivity contribution in [3.8, 4) is 0 Å². The molecule has 0 aliphatic carbocycles. The van der Waals surface area contributed by atoms with E-state index in [2.05, 4.69) is 6.58 Å². The molecule has 5 heteroatoms. The van der Waals surface area contributed by atoms with Gasteiger partial charge in [-0.05, 0) is 17.0 Å². The van der Waals surface area contributed by atoms with Gasteiger partial charge in [0.15, 0.2) is 0 Å². The van der Waals surface area contributed by atoms with E-state index in [9.17, 15) is 4.57 Å². The van der Waals surface area contributed by atoms with Crippen LogP contribution in [0.4, 0.5) is 0 Å². The summed E-state index contributed by atoms with van der Waals surface area (Å²) in [5.41, 5.74) is 0. The van der Waals surface area contributed by atoms with E-state index in [1.165, 1.54) is 22.8 Å². The molecule has 0 aromatic heterocycles. The third-order valence-electron chi connectivity index (χ3n) is 0.630. The highest BCUT2D eigenvalue weighted by atomic mass is 35.7. The number of hydrogen-bond acceptors (Lipinski definition) is 3. The molecular weight excluding hydrogens is 207 g/mol. The van der Waals surface area contributed by atoms with Crippen LogP contribution in [0, 0.1) is 0 Å². The van der Waals surface area contributed by atoms with Gasteiger partial charge in [0.05, 0.1) is 0 Å². The molecule has 60 valence electrons. The Morgan fingerprint density at radius 3 is 2.70 bits per heavy atom. The van der Waals surface area contributed by atoms with Crippen molar-refractivity contribution in [2.24, 2.45) is 0 Å². The highest BCUT2D eigenvalue weighted by Gasteiger charge is 2.16. The molecule has 0 aromatic rings. The van der Waals surface area contributed by atoms with Crippen LogP contribution in [-0.2, 0) is 4.57 Å². The standard InChI is InChI=1S/C5H10ClOPS2/c1-3-5-10-8(6,7)9-4-2/h3H,1,4-5H2,2H3. The van der Waals surface area contributed by atoms with E-state index in [0.717, 1.165) is 5.75 Å². The van der Waals surface area contributed by atoms with Crippen LogP contribution >= 0.6 is 38.9 Å². The molecule has 0 rings (SSSR count). The second-order valence-corrected chi connectivity index (χ2v) is 11.7. The molecular formula is C5H10ClOPS2. The van der Waals surface area contributed by atoms with Crippen LogP contribution in [-0.4, -0.2) is 11.5 Å². The van der Waals surface area contributed by atoms with Crippen molar-refractivity contribution < 1.29 is 4.57 Å². The number of rotatable bonds is 5. The summed E-state index contributed by atoms with van der Waals surface area (Å²) in [4.78, 5) is -2.47. The lowest BCUT2D eigenvalue weighted by atomic mass is 10.8. The molecule has 0 saturated heterocycles. The summed E-state index contributed by atoms with van der Waals surface area (Å²) in [5, 5.41) is 0. The highest BCUT2D eigenvalue weighted by molar-refractivity contribution is 8.96. The Hall–Kier alpha value is 0.960. The minimum atomic E-state index is -2.47. The summed E-state index contributed by atoms with van der Waals surface area (Å²) in [6, 6.07) is 0. The Morgan fingerprint density at radius 1 is 1.70 bits per heavy atom. The van der Waals surface area contributed by atoms with E-state index < -0.39 is 4.90 Å². The van der Waals surface area contributed by atoms with Gasteiger partial charge in [-0.25, -0.2) is 0 Å². The van der Waals surface area contributed by atoms with Crippen LogP contribution < -0.4 is 0 Å². The van der Waals surface area contributed by atoms with Crippen molar-refractivity contribution in [2.75, 3.05) is 11.5 Å². The summed E-state index contributed by atoms with van der Waals surface area (Å²) in [5.74, 6) is 1.46. The zero-order valence-corrected chi connectivity index (χ0v) is 9.03. The predicted octanol–water partition coefficient (Wildman–Crippen LogP) is 4.01. The van der Waals surface area contributed by atoms with Crippen LogP contribution in [0.5, 0.6) is 0 Å². The zero-order valence-electron chi connectivity index (χ0n) is 5.75. The minimum Gasteiger partial charge on any atom is -0.283 e. The molecule has 0 heterocycles. The normalized spacial score (nSPS) is 16.2. The average molecular weight is 217 g/mol. The van der Waals surface area contributed by atoms with Gasteiger partial charge < -0.3 is 0 Å². The Kier molecular flexibility index (Phi) is 6.13. The van der Waals surface area contributed by atoms with E-state index >= 15 is 0 Å². The molecule has 1 unspecified atom stereocenters. The summed E-state index contributed by atoms with van der Waals surface area (Å²) in [6.07, 6.45) is 1.70. The Balaban J connectivity index is 3.63. The van der Waals surface area contributed by atoms with E-state index in [0.29, 0.717) is 5.75 Å². The lowest BCUT2D eigenvalue weighted by Gasteiger charge is -2.04. The van der Waals surface area contributed by atoms with Gasteiger partial charge in [-0.3, -0.25) is 4.57 Å². The smallest absolute Gasteiger partial charge is 0.275 e. The van der Waals surface area contributed by atoms with E-state index in [1.54, 1.807) is 6.08 Å². The minimum absolute atomic E-state index is 0.660. The monoisotopic (exact) mass is 216 g/mol. The fourth-order valence-electron chi connectivity index (χ4n) is 0.333. The lowest BCUT2D eigenvalue weighted by molar-refractivity contribution is 0.601. The first-order valence-electron chi connectivity index (χ1n) is 2.82. The molecule has 0 aromatic carbocycles. The van der Waals surface area contributed by atoms with E-state index in [-0.39, 0.29) is 0 Å². The van der Waals surface area contributed by atoms with Crippen LogP contribution in [0.25, 0.3) is 0 Å². The van der Waals surface area contributed by atoms with Crippen molar-refractivity contribution in [3.05, 3.63) is 12.7 Å². The van der Waals surface area contributed by atoms with Crippen molar-refractivity contribution in [1.29, 1.82) is 0 Å². The van der Waals surface area contributed by atoms with E-state index in [1.807, 2.05) is 6.92 Å². The van der Waals surface area contributed by atoms with Crippen LogP contribution in [0.2, 0.25) is 0 Å². The second kappa shape index (κ2) is 5.59. The molecule has 0 fully saturated rings. The molecule has 0 aliphatic heterocycles. The highest BCUT2D eigenvalue weighted by Crippen LogP contribution is 2.72. The molecule has 1 nitrogen and oxygen atoms in total. The van der Waals surface area contributed by atoms with Crippen molar-refractivity contribution in [3.63, 3.8) is 0 Å². The Morgan fingerprint density at radius 2 is 2.30 bits per heavy atom. The SMILES string of the molecule is C=CCSP(=O)(Cl)SCC. The van der Waals surface area contributed by atoms with Crippen molar-refractivity contribution in [1.82, 2.24) is 0 Å². The maximum absolute atomic E-state index is 11.2. The largest absolute Gasteiger partial charge is 0.283 e. The number of halogens is 1. The summed E-state index contributed by atoms with van der Waals surface area (Å²) < 4.78 is 11.2. The summed E-state index contributed by atoms with van der Waals surface area (Å²) in [6.45, 7) is 5.45. The lowest BCUT2D eigenvalue weighted by Crippen LogP contribution is -1.66. The molecule has 0 amide bonds. The molecule has 10 heavy (non-hydrogen) atoms. The molecule has 0 aliphatic rings. The van der Waals surface area contributed by atoms with Gasteiger partial charge in [0.2, 0.25) is 0 Å². The first kappa shape index (κ1) is 11.0. The summed E-state index contributed by atoms with van der Waals surface area (Å²) >= 11 is 8.23. The second-order valence-electron chi connectivity index (χ2n) is 1.43. The molecule has 1 atom stereocenters. The van der Waals surface area contributed by atoms with Gasteiger partial charge in [0.1, 0.15) is 0 Å². The molecule has 0 spiro atoms. The molecule has 0 N–H and O–H groups in total. The maximum atomic E-state index is 11.2. The van der Waals surface area contributed by atoms with Gasteiger partial charge in [0, 0.05) is 5.75 Å². The van der Waals surface area contributed by atoms with Crippen molar-refractivity contribution in [2.45, 2.75) is 6.92 Å². The molecule has 0 radical (unpaired) electrons. The quantitative estimate of drug-likeness (QED) is 0.511. The topological polar surface area (TPSA) is 17.1 Å². The van der Waals surface area contributed by atoms with Crippen molar-refractivity contribution >= 4 is 38.9 Å². The fourth-order valence-corrected chi connectivity index (χ4v) is 6.55. The van der Waals surface area contributed by atoms with Gasteiger partial charge in [0.25, 0.3) is 4.90 Å². The fraction of sp³-hybridized carbons (Fsp3) is 0.600. The summed E-state index contributed by atoms with van der Waals surface area (Å²) in [7, 11) is 0. The Labute approximate surface area is 74.6 Å². The third-order valence-corrected chi connectivity index (χ3v) is 8.62. The average Bonchev–Trinajstić information content (AvgIpc) is 1.84. The predicted molar refractivity (Wildman–Crippen MR) is 54.2 cm³/mol. The van der Waals surface area contributed by atoms with E-state index in [4.69, 9.17) is 11.2 Å². The maximum Gasteiger partial charge on any atom is 0.275 e. The zero-order chi connectivity index (χ0) is 8.04. The molecule has 0 saturated carbocycles. The first-order valence-corrected chi connectivity index (χ1v) is 8.61. The van der Waals surface area contributed by atoms with Gasteiger partial charge in [-0.2, -0.15) is 0 Å².